The molecule has 1 aromatic rings. The first-order valence-electron chi connectivity index (χ1n) is 6.06. The molecule has 1 heterocycles. The Morgan fingerprint density at radius 3 is 3.24 bits per heavy atom. The molecule has 1 aliphatic heterocycles. The molecule has 0 aromatic heterocycles. The topological polar surface area (TPSA) is 41.1 Å². The molecule has 2 N–H and O–H groups in total. The van der Waals surface area contributed by atoms with E-state index in [2.05, 4.69) is 22.8 Å². The molecule has 0 fully saturated rings. The number of nitrogens with one attached hydrogen (secondary N) is 2. The van der Waals surface area contributed by atoms with Crippen LogP contribution in [0.5, 0.6) is 0 Å². The molecular weight excluding hydrogens is 212 g/mol. The van der Waals surface area contributed by atoms with Gasteiger partial charge >= 0.3 is 0 Å². The van der Waals surface area contributed by atoms with Crippen molar-refractivity contribution >= 4 is 11.6 Å². The number of carbonyl (C=O) groups is 1. The second-order valence-electron chi connectivity index (χ2n) is 4.19. The lowest BCUT2D eigenvalue weighted by molar-refractivity contribution is -0.116. The SMILES string of the molecule is C/C=C/C(=O)NCc1cccc2c1CCCN2. The number of fused-ring (bicyclic) bond motifs is 1. The zero-order valence-corrected chi connectivity index (χ0v) is 10.1. The first-order chi connectivity index (χ1) is 8.31. The fraction of sp³-hybridized carbons (Fsp3) is 0.357. The van der Waals surface area contributed by atoms with Gasteiger partial charge < -0.3 is 10.6 Å². The highest BCUT2D eigenvalue weighted by Gasteiger charge is 2.12. The predicted octanol–water partition coefficient (Wildman–Crippen LogP) is 2.24. The van der Waals surface area contributed by atoms with Gasteiger partial charge in [-0.3, -0.25) is 4.79 Å². The maximum atomic E-state index is 11.4. The Kier molecular flexibility index (Phi) is 3.81. The smallest absolute Gasteiger partial charge is 0.243 e. The maximum absolute atomic E-state index is 11.4. The Bertz CT molecular complexity index is 438. The van der Waals surface area contributed by atoms with E-state index in [1.165, 1.54) is 16.8 Å². The number of benzene rings is 1. The fourth-order valence-electron chi connectivity index (χ4n) is 2.14. The van der Waals surface area contributed by atoms with E-state index < -0.39 is 0 Å². The summed E-state index contributed by atoms with van der Waals surface area (Å²) in [7, 11) is 0. The van der Waals surface area contributed by atoms with Crippen molar-refractivity contribution in [3.8, 4) is 0 Å². The third-order valence-electron chi connectivity index (χ3n) is 2.96. The van der Waals surface area contributed by atoms with Gasteiger partial charge in [-0.05, 0) is 43.0 Å². The molecule has 0 radical (unpaired) electrons. The molecule has 0 aliphatic carbocycles. The Labute approximate surface area is 102 Å². The van der Waals surface area contributed by atoms with E-state index in [4.69, 9.17) is 0 Å². The lowest BCUT2D eigenvalue weighted by atomic mass is 9.97. The van der Waals surface area contributed by atoms with Crippen molar-refractivity contribution in [3.05, 3.63) is 41.5 Å². The van der Waals surface area contributed by atoms with Crippen molar-refractivity contribution in [2.24, 2.45) is 0 Å². The van der Waals surface area contributed by atoms with E-state index in [0.29, 0.717) is 6.54 Å². The summed E-state index contributed by atoms with van der Waals surface area (Å²) in [6.45, 7) is 3.49. The minimum Gasteiger partial charge on any atom is -0.385 e. The Hall–Kier alpha value is -1.77. The van der Waals surface area contributed by atoms with Gasteiger partial charge in [-0.1, -0.05) is 18.2 Å². The van der Waals surface area contributed by atoms with E-state index in [0.717, 1.165) is 19.4 Å². The number of hydrogen-bond acceptors (Lipinski definition) is 2. The summed E-state index contributed by atoms with van der Waals surface area (Å²) in [5.41, 5.74) is 3.78. The molecule has 1 amide bonds. The molecule has 0 bridgehead atoms. The molecule has 17 heavy (non-hydrogen) atoms. The van der Waals surface area contributed by atoms with Gasteiger partial charge in [-0.2, -0.15) is 0 Å². The normalized spacial score (nSPS) is 14.2. The molecule has 0 spiro atoms. The first-order valence-corrected chi connectivity index (χ1v) is 6.06. The summed E-state index contributed by atoms with van der Waals surface area (Å²) in [4.78, 5) is 11.4. The third kappa shape index (κ3) is 2.87. The molecule has 2 rings (SSSR count). The van der Waals surface area contributed by atoms with E-state index in [-0.39, 0.29) is 5.91 Å². The van der Waals surface area contributed by atoms with Crippen LogP contribution >= 0.6 is 0 Å². The number of amides is 1. The number of carbonyl (C=O) groups excluding carboxylic acids is 1. The third-order valence-corrected chi connectivity index (χ3v) is 2.96. The highest BCUT2D eigenvalue weighted by molar-refractivity contribution is 5.87. The van der Waals surface area contributed by atoms with Gasteiger partial charge in [0.05, 0.1) is 0 Å². The largest absolute Gasteiger partial charge is 0.385 e. The number of hydrogen-bond donors (Lipinski definition) is 2. The number of allylic oxidation sites excluding steroid dienone is 1. The summed E-state index contributed by atoms with van der Waals surface area (Å²) in [5.74, 6) is -0.0335. The van der Waals surface area contributed by atoms with Crippen LogP contribution in [0, 0.1) is 0 Å². The van der Waals surface area contributed by atoms with E-state index >= 15 is 0 Å². The van der Waals surface area contributed by atoms with Crippen LogP contribution in [-0.4, -0.2) is 12.5 Å². The minimum atomic E-state index is -0.0335. The summed E-state index contributed by atoms with van der Waals surface area (Å²) < 4.78 is 0. The molecule has 0 atom stereocenters. The van der Waals surface area contributed by atoms with Crippen LogP contribution in [0.2, 0.25) is 0 Å². The Morgan fingerprint density at radius 2 is 2.41 bits per heavy atom. The van der Waals surface area contributed by atoms with Gasteiger partial charge in [0.15, 0.2) is 0 Å². The lowest BCUT2D eigenvalue weighted by Crippen LogP contribution is -2.22. The zero-order chi connectivity index (χ0) is 12.1. The summed E-state index contributed by atoms with van der Waals surface area (Å²) >= 11 is 0. The number of anilines is 1. The summed E-state index contributed by atoms with van der Waals surface area (Å²) in [6, 6.07) is 6.22. The molecule has 1 aliphatic rings. The molecular formula is C14H18N2O. The van der Waals surface area contributed by atoms with Gasteiger partial charge in [-0.15, -0.1) is 0 Å². The molecule has 1 aromatic carbocycles. The Balaban J connectivity index is 2.08. The van der Waals surface area contributed by atoms with Crippen molar-refractivity contribution in [1.82, 2.24) is 5.32 Å². The van der Waals surface area contributed by atoms with Crippen LogP contribution in [0.1, 0.15) is 24.5 Å². The van der Waals surface area contributed by atoms with E-state index in [1.807, 2.05) is 13.0 Å². The van der Waals surface area contributed by atoms with Crippen LogP contribution in [0.25, 0.3) is 0 Å². The quantitative estimate of drug-likeness (QED) is 0.782. The second kappa shape index (κ2) is 5.53. The average molecular weight is 230 g/mol. The standard InChI is InChI=1S/C14H18N2O/c1-2-5-14(17)16-10-11-6-3-8-13-12(11)7-4-9-15-13/h2-3,5-6,8,15H,4,7,9-10H2,1H3,(H,16,17)/b5-2+. The van der Waals surface area contributed by atoms with Crippen LogP contribution in [-0.2, 0) is 17.8 Å². The van der Waals surface area contributed by atoms with E-state index in [9.17, 15) is 4.79 Å². The average Bonchev–Trinajstić information content (AvgIpc) is 2.36. The van der Waals surface area contributed by atoms with Crippen molar-refractivity contribution in [1.29, 1.82) is 0 Å². The van der Waals surface area contributed by atoms with Gasteiger partial charge in [0.2, 0.25) is 5.91 Å². The van der Waals surface area contributed by atoms with Crippen LogP contribution in [0.4, 0.5) is 5.69 Å². The monoisotopic (exact) mass is 230 g/mol. The van der Waals surface area contributed by atoms with Crippen LogP contribution in [0.15, 0.2) is 30.4 Å². The fourth-order valence-corrected chi connectivity index (χ4v) is 2.14. The molecule has 0 unspecified atom stereocenters. The van der Waals surface area contributed by atoms with Crippen molar-refractivity contribution < 1.29 is 4.79 Å². The summed E-state index contributed by atoms with van der Waals surface area (Å²) in [5, 5.41) is 6.29. The second-order valence-corrected chi connectivity index (χ2v) is 4.19. The summed E-state index contributed by atoms with van der Waals surface area (Å²) in [6.07, 6.45) is 5.55. The van der Waals surface area contributed by atoms with Crippen LogP contribution in [0.3, 0.4) is 0 Å². The molecule has 0 saturated carbocycles. The maximum Gasteiger partial charge on any atom is 0.243 e. The van der Waals surface area contributed by atoms with Gasteiger partial charge in [-0.25, -0.2) is 0 Å². The molecule has 3 nitrogen and oxygen atoms in total. The lowest BCUT2D eigenvalue weighted by Gasteiger charge is -2.21. The van der Waals surface area contributed by atoms with E-state index in [1.54, 1.807) is 12.2 Å². The molecule has 0 saturated heterocycles. The number of rotatable bonds is 3. The van der Waals surface area contributed by atoms with Crippen molar-refractivity contribution in [3.63, 3.8) is 0 Å². The zero-order valence-electron chi connectivity index (χ0n) is 10.1. The first kappa shape index (κ1) is 11.7. The molecule has 90 valence electrons. The Morgan fingerprint density at radius 1 is 1.53 bits per heavy atom. The predicted molar refractivity (Wildman–Crippen MR) is 69.9 cm³/mol. The van der Waals surface area contributed by atoms with Gasteiger partial charge in [0.1, 0.15) is 0 Å². The minimum absolute atomic E-state index is 0.0335. The van der Waals surface area contributed by atoms with Crippen molar-refractivity contribution in [2.45, 2.75) is 26.3 Å². The van der Waals surface area contributed by atoms with Crippen molar-refractivity contribution in [2.75, 3.05) is 11.9 Å². The van der Waals surface area contributed by atoms with Crippen LogP contribution < -0.4 is 10.6 Å². The molecule has 3 heteroatoms. The highest BCUT2D eigenvalue weighted by atomic mass is 16.1. The van der Waals surface area contributed by atoms with Gasteiger partial charge in [0, 0.05) is 18.8 Å². The van der Waals surface area contributed by atoms with Gasteiger partial charge in [0.25, 0.3) is 0 Å². The highest BCUT2D eigenvalue weighted by Crippen LogP contribution is 2.25.